The lowest BCUT2D eigenvalue weighted by Gasteiger charge is -2.38. The molecule has 1 aliphatic rings. The van der Waals surface area contributed by atoms with Crippen molar-refractivity contribution >= 4 is 43.6 Å². The number of hydrogen-bond donors (Lipinski definition) is 0. The van der Waals surface area contributed by atoms with Crippen molar-refractivity contribution in [1.29, 1.82) is 0 Å². The number of nitrogens with zero attached hydrogens (tertiary/aromatic N) is 3. The molecule has 1 aliphatic heterocycles. The van der Waals surface area contributed by atoms with Gasteiger partial charge in [0, 0.05) is 43.0 Å². The number of hydrogen-bond acceptors (Lipinski definition) is 4. The molecule has 6 nitrogen and oxygen atoms in total. The molecular weight excluding hydrogens is 442 g/mol. The molecule has 0 bridgehead atoms. The molecule has 1 unspecified atom stereocenters. The molecule has 1 saturated heterocycles. The third kappa shape index (κ3) is 4.57. The van der Waals surface area contributed by atoms with Crippen LogP contribution < -0.4 is 0 Å². The summed E-state index contributed by atoms with van der Waals surface area (Å²) in [6.07, 6.45) is 1.61. The van der Waals surface area contributed by atoms with Crippen LogP contribution in [0.5, 0.6) is 0 Å². The Morgan fingerprint density at radius 3 is 2.66 bits per heavy atom. The average molecular weight is 470 g/mol. The SMILES string of the molecule is C=C(C)Cn1c(C(=O)N2CCN(S(=O)(=O)/C=C/c3ccccc3)C(C)C2)cc2ccsc21. The molecular formula is C24H27N3O3S2. The first kappa shape index (κ1) is 22.5. The molecule has 4 rings (SSSR count). The molecule has 0 radical (unpaired) electrons. The van der Waals surface area contributed by atoms with E-state index in [0.717, 1.165) is 21.4 Å². The fraction of sp³-hybridized carbons (Fsp3) is 0.292. The third-order valence-corrected chi connectivity index (χ3v) is 8.19. The van der Waals surface area contributed by atoms with Gasteiger partial charge in [-0.3, -0.25) is 4.79 Å². The lowest BCUT2D eigenvalue weighted by Crippen LogP contribution is -2.55. The highest BCUT2D eigenvalue weighted by molar-refractivity contribution is 7.92. The van der Waals surface area contributed by atoms with Crippen LogP contribution >= 0.6 is 11.3 Å². The van der Waals surface area contributed by atoms with Crippen molar-refractivity contribution in [2.45, 2.75) is 26.4 Å². The minimum absolute atomic E-state index is 0.0709. The zero-order valence-electron chi connectivity index (χ0n) is 18.3. The number of carbonyl (C=O) groups excluding carboxylic acids is 1. The molecule has 32 heavy (non-hydrogen) atoms. The zero-order valence-corrected chi connectivity index (χ0v) is 19.9. The molecule has 3 aromatic rings. The summed E-state index contributed by atoms with van der Waals surface area (Å²) in [4.78, 5) is 16.2. The largest absolute Gasteiger partial charge is 0.334 e. The second kappa shape index (κ2) is 9.05. The maximum Gasteiger partial charge on any atom is 0.270 e. The predicted molar refractivity (Wildman–Crippen MR) is 131 cm³/mol. The van der Waals surface area contributed by atoms with E-state index >= 15 is 0 Å². The number of aromatic nitrogens is 1. The summed E-state index contributed by atoms with van der Waals surface area (Å²) in [5.41, 5.74) is 2.43. The van der Waals surface area contributed by atoms with E-state index in [1.54, 1.807) is 22.3 Å². The van der Waals surface area contributed by atoms with Gasteiger partial charge < -0.3 is 9.47 Å². The van der Waals surface area contributed by atoms with Gasteiger partial charge in [0.05, 0.1) is 0 Å². The van der Waals surface area contributed by atoms with Gasteiger partial charge in [-0.05, 0) is 43.0 Å². The van der Waals surface area contributed by atoms with E-state index in [0.29, 0.717) is 25.3 Å². The van der Waals surface area contributed by atoms with Gasteiger partial charge >= 0.3 is 0 Å². The van der Waals surface area contributed by atoms with Crippen LogP contribution in [-0.4, -0.2) is 53.8 Å². The van der Waals surface area contributed by atoms with Gasteiger partial charge in [-0.1, -0.05) is 42.5 Å². The Bertz CT molecular complexity index is 1270. The average Bonchev–Trinajstić information content (AvgIpc) is 3.35. The van der Waals surface area contributed by atoms with Crippen LogP contribution in [0.15, 0.2) is 65.4 Å². The highest BCUT2D eigenvalue weighted by Crippen LogP contribution is 2.28. The van der Waals surface area contributed by atoms with Crippen LogP contribution in [0.4, 0.5) is 0 Å². The summed E-state index contributed by atoms with van der Waals surface area (Å²) in [7, 11) is -3.58. The van der Waals surface area contributed by atoms with Crippen molar-refractivity contribution in [3.8, 4) is 0 Å². The normalized spacial score (nSPS) is 17.9. The number of rotatable bonds is 6. The fourth-order valence-electron chi connectivity index (χ4n) is 4.05. The van der Waals surface area contributed by atoms with Gasteiger partial charge in [-0.15, -0.1) is 11.3 Å². The molecule has 168 valence electrons. The summed E-state index contributed by atoms with van der Waals surface area (Å²) < 4.78 is 29.3. The molecule has 0 saturated carbocycles. The number of amides is 1. The Kier molecular flexibility index (Phi) is 6.37. The highest BCUT2D eigenvalue weighted by Gasteiger charge is 2.34. The molecule has 1 atom stereocenters. The third-order valence-electron chi connectivity index (χ3n) is 5.56. The van der Waals surface area contributed by atoms with Crippen molar-refractivity contribution < 1.29 is 13.2 Å². The van der Waals surface area contributed by atoms with Crippen LogP contribution in [0.1, 0.15) is 29.9 Å². The summed E-state index contributed by atoms with van der Waals surface area (Å²) in [6.45, 7) is 9.35. The smallest absolute Gasteiger partial charge is 0.270 e. The Balaban J connectivity index is 1.50. The van der Waals surface area contributed by atoms with Crippen LogP contribution in [0, 0.1) is 0 Å². The number of fused-ring (bicyclic) bond motifs is 1. The van der Waals surface area contributed by atoms with Crippen molar-refractivity contribution in [2.75, 3.05) is 19.6 Å². The second-order valence-corrected chi connectivity index (χ2v) is 10.9. The maximum atomic E-state index is 13.4. The van der Waals surface area contributed by atoms with Crippen LogP contribution in [0.2, 0.25) is 0 Å². The van der Waals surface area contributed by atoms with Crippen LogP contribution in [-0.2, 0) is 16.6 Å². The van der Waals surface area contributed by atoms with Crippen LogP contribution in [0.3, 0.4) is 0 Å². The number of piperazine rings is 1. The number of carbonyl (C=O) groups is 1. The molecule has 1 amide bonds. The quantitative estimate of drug-likeness (QED) is 0.502. The molecule has 1 fully saturated rings. The minimum atomic E-state index is -3.58. The predicted octanol–water partition coefficient (Wildman–Crippen LogP) is 4.43. The van der Waals surface area contributed by atoms with E-state index in [-0.39, 0.29) is 18.5 Å². The summed E-state index contributed by atoms with van der Waals surface area (Å²) in [6, 6.07) is 13.0. The Morgan fingerprint density at radius 2 is 1.97 bits per heavy atom. The first-order chi connectivity index (χ1) is 15.3. The standard InChI is InChI=1S/C24H27N3O3S2/c1-18(2)16-26-22(15-21-9-13-31-24(21)26)23(28)25-11-12-27(19(3)17-25)32(29,30)14-10-20-7-5-4-6-8-20/h4-10,13-15,19H,1,11-12,16-17H2,2-3H3/b14-10+. The number of thiophene rings is 1. The highest BCUT2D eigenvalue weighted by atomic mass is 32.2. The first-order valence-electron chi connectivity index (χ1n) is 10.5. The summed E-state index contributed by atoms with van der Waals surface area (Å²) >= 11 is 1.60. The van der Waals surface area contributed by atoms with Crippen molar-refractivity contribution in [2.24, 2.45) is 0 Å². The van der Waals surface area contributed by atoms with E-state index in [9.17, 15) is 13.2 Å². The lowest BCUT2D eigenvalue weighted by molar-refractivity contribution is 0.0633. The minimum Gasteiger partial charge on any atom is -0.334 e. The number of allylic oxidation sites excluding steroid dienone is 1. The summed E-state index contributed by atoms with van der Waals surface area (Å²) in [5, 5.41) is 4.31. The lowest BCUT2D eigenvalue weighted by atomic mass is 10.2. The zero-order chi connectivity index (χ0) is 22.9. The molecule has 0 spiro atoms. The van der Waals surface area contributed by atoms with Gasteiger partial charge in [-0.2, -0.15) is 4.31 Å². The van der Waals surface area contributed by atoms with E-state index < -0.39 is 10.0 Å². The molecule has 8 heteroatoms. The van der Waals surface area contributed by atoms with Crippen molar-refractivity contribution in [3.63, 3.8) is 0 Å². The molecule has 1 aromatic carbocycles. The molecule has 0 N–H and O–H groups in total. The fourth-order valence-corrected chi connectivity index (χ4v) is 6.34. The van der Waals surface area contributed by atoms with Gasteiger partial charge in [0.1, 0.15) is 10.5 Å². The molecule has 3 heterocycles. The van der Waals surface area contributed by atoms with E-state index in [1.807, 2.05) is 66.3 Å². The van der Waals surface area contributed by atoms with Gasteiger partial charge in [0.25, 0.3) is 5.91 Å². The topological polar surface area (TPSA) is 62.6 Å². The molecule has 0 aliphatic carbocycles. The summed E-state index contributed by atoms with van der Waals surface area (Å²) in [5.74, 6) is -0.0709. The van der Waals surface area contributed by atoms with Crippen molar-refractivity contribution in [1.82, 2.24) is 13.8 Å². The maximum absolute atomic E-state index is 13.4. The monoisotopic (exact) mass is 469 g/mol. The van der Waals surface area contributed by atoms with Gasteiger partial charge in [0.2, 0.25) is 10.0 Å². The Morgan fingerprint density at radius 1 is 1.22 bits per heavy atom. The second-order valence-electron chi connectivity index (χ2n) is 8.22. The Hall–Kier alpha value is -2.68. The first-order valence-corrected chi connectivity index (χ1v) is 12.9. The number of sulfonamides is 1. The van der Waals surface area contributed by atoms with Crippen LogP contribution in [0.25, 0.3) is 16.3 Å². The van der Waals surface area contributed by atoms with Gasteiger partial charge in [-0.25, -0.2) is 8.42 Å². The van der Waals surface area contributed by atoms with E-state index in [1.165, 1.54) is 9.71 Å². The van der Waals surface area contributed by atoms with Gasteiger partial charge in [0.15, 0.2) is 0 Å². The van der Waals surface area contributed by atoms with E-state index in [4.69, 9.17) is 0 Å². The molecule has 2 aromatic heterocycles. The van der Waals surface area contributed by atoms with Crippen molar-refractivity contribution in [3.05, 3.63) is 76.7 Å². The Labute approximate surface area is 193 Å². The van der Waals surface area contributed by atoms with E-state index in [2.05, 4.69) is 6.58 Å². The number of benzene rings is 1.